The van der Waals surface area contributed by atoms with Crippen LogP contribution in [0.15, 0.2) is 192 Å². The Morgan fingerprint density at radius 3 is 1.42 bits per heavy atom. The lowest BCUT2D eigenvalue weighted by atomic mass is 9.96. The van der Waals surface area contributed by atoms with Crippen molar-refractivity contribution >= 4 is 71.1 Å². The zero-order chi connectivity index (χ0) is 33.0. The van der Waals surface area contributed by atoms with E-state index in [0.717, 1.165) is 50.5 Å². The Kier molecular flexibility index (Phi) is 6.53. The molecule has 234 valence electrons. The standard InChI is InChI=1S/C48H31NO/c1-4-17-39-34(12-1)29-45(43-21-8-6-19-41(39)43)49(46-30-35-13-2-5-18-40(35)42-20-7-9-22-44(42)46)38-26-24-32(25-27-38)33-15-11-16-36(28-33)48-31-37-14-3-10-23-47(37)50-48/h1-31H. The van der Waals surface area contributed by atoms with E-state index in [1.54, 1.807) is 0 Å². The molecule has 2 heteroatoms. The summed E-state index contributed by atoms with van der Waals surface area (Å²) >= 11 is 0. The highest BCUT2D eigenvalue weighted by Gasteiger charge is 2.20. The van der Waals surface area contributed by atoms with Crippen LogP contribution in [0.25, 0.3) is 76.5 Å². The molecule has 0 fully saturated rings. The van der Waals surface area contributed by atoms with Crippen LogP contribution in [0.1, 0.15) is 0 Å². The molecule has 0 amide bonds. The summed E-state index contributed by atoms with van der Waals surface area (Å²) in [6.07, 6.45) is 0. The van der Waals surface area contributed by atoms with Crippen molar-refractivity contribution in [2.75, 3.05) is 4.90 Å². The van der Waals surface area contributed by atoms with E-state index in [2.05, 4.69) is 175 Å². The molecule has 50 heavy (non-hydrogen) atoms. The number of fused-ring (bicyclic) bond motifs is 7. The van der Waals surface area contributed by atoms with Gasteiger partial charge in [-0.25, -0.2) is 0 Å². The molecule has 1 heterocycles. The average Bonchev–Trinajstić information content (AvgIpc) is 3.63. The number of para-hydroxylation sites is 1. The second-order valence-electron chi connectivity index (χ2n) is 12.9. The van der Waals surface area contributed by atoms with Gasteiger partial charge in [-0.15, -0.1) is 0 Å². The molecule has 10 aromatic rings. The van der Waals surface area contributed by atoms with Crippen molar-refractivity contribution in [1.29, 1.82) is 0 Å². The number of benzene rings is 9. The van der Waals surface area contributed by atoms with Crippen LogP contribution < -0.4 is 4.90 Å². The van der Waals surface area contributed by atoms with Crippen LogP contribution >= 0.6 is 0 Å². The fourth-order valence-corrected chi connectivity index (χ4v) is 7.63. The van der Waals surface area contributed by atoms with Gasteiger partial charge < -0.3 is 9.32 Å². The average molecular weight is 638 g/mol. The number of nitrogens with zero attached hydrogens (tertiary/aromatic N) is 1. The number of hydrogen-bond donors (Lipinski definition) is 0. The third-order valence-corrected chi connectivity index (χ3v) is 10.0. The number of anilines is 3. The quantitative estimate of drug-likeness (QED) is 0.175. The van der Waals surface area contributed by atoms with E-state index in [0.29, 0.717) is 0 Å². The van der Waals surface area contributed by atoms with Crippen molar-refractivity contribution in [2.24, 2.45) is 0 Å². The zero-order valence-corrected chi connectivity index (χ0v) is 27.3. The summed E-state index contributed by atoms with van der Waals surface area (Å²) in [7, 11) is 0. The van der Waals surface area contributed by atoms with Crippen molar-refractivity contribution < 1.29 is 4.42 Å². The molecule has 9 aromatic carbocycles. The highest BCUT2D eigenvalue weighted by molar-refractivity contribution is 6.18. The van der Waals surface area contributed by atoms with E-state index < -0.39 is 0 Å². The van der Waals surface area contributed by atoms with Gasteiger partial charge in [0.2, 0.25) is 0 Å². The van der Waals surface area contributed by atoms with Crippen molar-refractivity contribution in [2.45, 2.75) is 0 Å². The van der Waals surface area contributed by atoms with Crippen molar-refractivity contribution in [1.82, 2.24) is 0 Å². The van der Waals surface area contributed by atoms with Gasteiger partial charge in [-0.1, -0.05) is 146 Å². The van der Waals surface area contributed by atoms with Crippen molar-refractivity contribution in [3.8, 4) is 22.5 Å². The largest absolute Gasteiger partial charge is 0.456 e. The molecular weight excluding hydrogens is 607 g/mol. The van der Waals surface area contributed by atoms with Crippen molar-refractivity contribution in [3.05, 3.63) is 188 Å². The Labute approximate surface area is 290 Å². The highest BCUT2D eigenvalue weighted by Crippen LogP contribution is 2.46. The summed E-state index contributed by atoms with van der Waals surface area (Å²) in [5, 5.41) is 11.0. The minimum atomic E-state index is 0.877. The van der Waals surface area contributed by atoms with Gasteiger partial charge in [0.05, 0.1) is 11.4 Å². The molecular formula is C48H31NO. The van der Waals surface area contributed by atoms with E-state index in [4.69, 9.17) is 4.42 Å². The third-order valence-electron chi connectivity index (χ3n) is 10.0. The molecule has 0 atom stereocenters. The van der Waals surface area contributed by atoms with Crippen molar-refractivity contribution in [3.63, 3.8) is 0 Å². The second-order valence-corrected chi connectivity index (χ2v) is 12.9. The molecule has 0 saturated heterocycles. The van der Waals surface area contributed by atoms with Crippen LogP contribution in [0.4, 0.5) is 17.1 Å². The summed E-state index contributed by atoms with van der Waals surface area (Å²) in [6, 6.07) is 67.6. The first-order valence-corrected chi connectivity index (χ1v) is 17.1. The topological polar surface area (TPSA) is 16.4 Å². The second kappa shape index (κ2) is 11.5. The molecule has 0 aliphatic carbocycles. The number of rotatable bonds is 5. The Balaban J connectivity index is 1.17. The molecule has 10 rings (SSSR count). The fourth-order valence-electron chi connectivity index (χ4n) is 7.63. The van der Waals surface area contributed by atoms with Gasteiger partial charge in [-0.2, -0.15) is 0 Å². The van der Waals surface area contributed by atoms with Gasteiger partial charge in [0.15, 0.2) is 0 Å². The summed E-state index contributed by atoms with van der Waals surface area (Å²) in [6.45, 7) is 0. The number of hydrogen-bond acceptors (Lipinski definition) is 2. The molecule has 0 radical (unpaired) electrons. The van der Waals surface area contributed by atoms with E-state index >= 15 is 0 Å². The van der Waals surface area contributed by atoms with E-state index in [-0.39, 0.29) is 0 Å². The Morgan fingerprint density at radius 1 is 0.320 bits per heavy atom. The van der Waals surface area contributed by atoms with Gasteiger partial charge >= 0.3 is 0 Å². The van der Waals surface area contributed by atoms with E-state index in [1.165, 1.54) is 43.1 Å². The minimum Gasteiger partial charge on any atom is -0.456 e. The maximum atomic E-state index is 6.22. The van der Waals surface area contributed by atoms with Crippen LogP contribution in [0.2, 0.25) is 0 Å². The predicted molar refractivity (Wildman–Crippen MR) is 212 cm³/mol. The summed E-state index contributed by atoms with van der Waals surface area (Å²) in [5.74, 6) is 0.877. The van der Waals surface area contributed by atoms with Gasteiger partial charge in [0, 0.05) is 27.4 Å². The van der Waals surface area contributed by atoms with Gasteiger partial charge in [-0.05, 0) is 85.9 Å². The summed E-state index contributed by atoms with van der Waals surface area (Å²) in [5.41, 5.74) is 7.67. The van der Waals surface area contributed by atoms with Gasteiger partial charge in [-0.3, -0.25) is 0 Å². The highest BCUT2D eigenvalue weighted by atomic mass is 16.3. The molecule has 0 N–H and O–H groups in total. The first-order valence-electron chi connectivity index (χ1n) is 17.1. The summed E-state index contributed by atoms with van der Waals surface area (Å²) in [4.78, 5) is 2.46. The molecule has 0 aliphatic rings. The third kappa shape index (κ3) is 4.65. The Hall–Kier alpha value is -6.64. The summed E-state index contributed by atoms with van der Waals surface area (Å²) < 4.78 is 6.22. The van der Waals surface area contributed by atoms with Crippen LogP contribution in [-0.4, -0.2) is 0 Å². The van der Waals surface area contributed by atoms with Crippen LogP contribution in [0.5, 0.6) is 0 Å². The maximum absolute atomic E-state index is 6.22. The van der Waals surface area contributed by atoms with E-state index in [1.807, 2.05) is 18.2 Å². The molecule has 1 aromatic heterocycles. The molecule has 0 aliphatic heterocycles. The number of furan rings is 1. The zero-order valence-electron chi connectivity index (χ0n) is 27.3. The van der Waals surface area contributed by atoms with Gasteiger partial charge in [0.25, 0.3) is 0 Å². The first kappa shape index (κ1) is 28.4. The molecule has 0 spiro atoms. The Morgan fingerprint density at radius 2 is 0.820 bits per heavy atom. The van der Waals surface area contributed by atoms with Crippen LogP contribution in [-0.2, 0) is 0 Å². The molecule has 0 unspecified atom stereocenters. The first-order chi connectivity index (χ1) is 24.8. The lowest BCUT2D eigenvalue weighted by Crippen LogP contribution is -2.11. The lowest BCUT2D eigenvalue weighted by Gasteiger charge is -2.29. The fraction of sp³-hybridized carbons (Fsp3) is 0. The predicted octanol–water partition coefficient (Wildman–Crippen LogP) is 13.8. The lowest BCUT2D eigenvalue weighted by molar-refractivity contribution is 0.631. The van der Waals surface area contributed by atoms with Crippen LogP contribution in [0.3, 0.4) is 0 Å². The maximum Gasteiger partial charge on any atom is 0.135 e. The van der Waals surface area contributed by atoms with Crippen LogP contribution in [0, 0.1) is 0 Å². The SMILES string of the molecule is c1cc(-c2ccc(N(c3cc4ccccc4c4ccccc34)c3cc4ccccc4c4ccccc34)cc2)cc(-c2cc3ccccc3o2)c1. The molecule has 0 saturated carbocycles. The monoisotopic (exact) mass is 637 g/mol. The normalized spacial score (nSPS) is 11.6. The van der Waals surface area contributed by atoms with E-state index in [9.17, 15) is 0 Å². The van der Waals surface area contributed by atoms with Gasteiger partial charge in [0.1, 0.15) is 11.3 Å². The molecule has 2 nitrogen and oxygen atoms in total. The smallest absolute Gasteiger partial charge is 0.135 e. The Bertz CT molecular complexity index is 2730. The minimum absolute atomic E-state index is 0.877. The molecule has 0 bridgehead atoms.